The van der Waals surface area contributed by atoms with E-state index in [2.05, 4.69) is 10.6 Å². The Bertz CT molecular complexity index is 589. The third-order valence-electron chi connectivity index (χ3n) is 2.95. The van der Waals surface area contributed by atoms with Gasteiger partial charge in [0.1, 0.15) is 5.75 Å². The van der Waals surface area contributed by atoms with Gasteiger partial charge in [0.2, 0.25) is 0 Å². The van der Waals surface area contributed by atoms with Crippen molar-refractivity contribution in [2.75, 3.05) is 23.9 Å². The van der Waals surface area contributed by atoms with Gasteiger partial charge in [0, 0.05) is 5.69 Å². The van der Waals surface area contributed by atoms with Gasteiger partial charge >= 0.3 is 0 Å². The van der Waals surface area contributed by atoms with E-state index in [0.29, 0.717) is 5.11 Å². The highest BCUT2D eigenvalue weighted by atomic mass is 35.5. The molecule has 5 nitrogen and oxygen atoms in total. The van der Waals surface area contributed by atoms with Crippen molar-refractivity contribution in [3.63, 3.8) is 0 Å². The van der Waals surface area contributed by atoms with Crippen LogP contribution in [0.25, 0.3) is 0 Å². The zero-order valence-corrected chi connectivity index (χ0v) is 13.2. The molecular formula is C12H15ClN2O3S2. The van der Waals surface area contributed by atoms with Gasteiger partial charge in [-0.3, -0.25) is 0 Å². The third kappa shape index (κ3) is 3.97. The third-order valence-corrected chi connectivity index (χ3v) is 5.54. The summed E-state index contributed by atoms with van der Waals surface area (Å²) < 4.78 is 28.0. The Labute approximate surface area is 128 Å². The minimum Gasteiger partial charge on any atom is -0.497 e. The number of anilines is 1. The molecule has 0 aliphatic carbocycles. The number of hydrogen-bond donors (Lipinski definition) is 2. The molecule has 2 unspecified atom stereocenters. The predicted molar refractivity (Wildman–Crippen MR) is 84.4 cm³/mol. The Morgan fingerprint density at radius 3 is 2.50 bits per heavy atom. The van der Waals surface area contributed by atoms with Crippen LogP contribution in [0.1, 0.15) is 0 Å². The topological polar surface area (TPSA) is 67.4 Å². The van der Waals surface area contributed by atoms with Gasteiger partial charge in [0.05, 0.1) is 30.0 Å². The summed E-state index contributed by atoms with van der Waals surface area (Å²) in [6.45, 7) is 0. The second kappa shape index (κ2) is 6.15. The molecule has 0 saturated carbocycles. The van der Waals surface area contributed by atoms with Crippen molar-refractivity contribution < 1.29 is 13.2 Å². The molecule has 0 radical (unpaired) electrons. The van der Waals surface area contributed by atoms with Crippen molar-refractivity contribution in [1.29, 1.82) is 0 Å². The van der Waals surface area contributed by atoms with Gasteiger partial charge in [-0.25, -0.2) is 8.42 Å². The number of ether oxygens (including phenoxy) is 1. The van der Waals surface area contributed by atoms with Gasteiger partial charge in [-0.05, 0) is 36.5 Å². The largest absolute Gasteiger partial charge is 0.497 e. The van der Waals surface area contributed by atoms with E-state index in [9.17, 15) is 8.42 Å². The Hall–Kier alpha value is -1.05. The van der Waals surface area contributed by atoms with E-state index in [1.54, 1.807) is 19.2 Å². The Morgan fingerprint density at radius 1 is 1.35 bits per heavy atom. The van der Waals surface area contributed by atoms with Gasteiger partial charge in [-0.15, -0.1) is 11.6 Å². The van der Waals surface area contributed by atoms with Crippen LogP contribution < -0.4 is 15.4 Å². The van der Waals surface area contributed by atoms with Crippen LogP contribution in [0.4, 0.5) is 5.69 Å². The average molecular weight is 335 g/mol. The minimum absolute atomic E-state index is 0.00555. The summed E-state index contributed by atoms with van der Waals surface area (Å²) in [4.78, 5) is 0. The molecule has 1 heterocycles. The number of benzene rings is 1. The molecule has 2 rings (SSSR count). The summed E-state index contributed by atoms with van der Waals surface area (Å²) in [6, 6.07) is 6.87. The fourth-order valence-electron chi connectivity index (χ4n) is 1.95. The maximum absolute atomic E-state index is 11.5. The average Bonchev–Trinajstić information content (AvgIpc) is 2.63. The van der Waals surface area contributed by atoms with Gasteiger partial charge < -0.3 is 15.4 Å². The molecule has 20 heavy (non-hydrogen) atoms. The number of rotatable bonds is 3. The van der Waals surface area contributed by atoms with Crippen LogP contribution in [0.15, 0.2) is 24.3 Å². The molecule has 1 aromatic rings. The highest BCUT2D eigenvalue weighted by Crippen LogP contribution is 2.19. The smallest absolute Gasteiger partial charge is 0.171 e. The zero-order valence-electron chi connectivity index (χ0n) is 10.8. The summed E-state index contributed by atoms with van der Waals surface area (Å²) in [5.41, 5.74) is 0.787. The maximum atomic E-state index is 11.5. The molecule has 0 aromatic heterocycles. The van der Waals surface area contributed by atoms with Crippen LogP contribution in [-0.4, -0.2) is 43.6 Å². The van der Waals surface area contributed by atoms with Crippen LogP contribution in [-0.2, 0) is 9.84 Å². The van der Waals surface area contributed by atoms with E-state index in [-0.39, 0.29) is 17.5 Å². The molecule has 1 aliphatic heterocycles. The fourth-order valence-corrected chi connectivity index (χ4v) is 4.77. The number of thiocarbonyl (C=S) groups is 1. The van der Waals surface area contributed by atoms with E-state index in [0.717, 1.165) is 11.4 Å². The molecule has 0 bridgehead atoms. The second-order valence-electron chi connectivity index (χ2n) is 4.53. The van der Waals surface area contributed by atoms with Gasteiger partial charge in [0.15, 0.2) is 14.9 Å². The number of methoxy groups -OCH3 is 1. The predicted octanol–water partition coefficient (Wildman–Crippen LogP) is 1.39. The van der Waals surface area contributed by atoms with Crippen LogP contribution >= 0.6 is 23.8 Å². The molecular weight excluding hydrogens is 320 g/mol. The fraction of sp³-hybridized carbons (Fsp3) is 0.417. The second-order valence-corrected chi connectivity index (χ2v) is 7.65. The van der Waals surface area contributed by atoms with E-state index >= 15 is 0 Å². The lowest BCUT2D eigenvalue weighted by molar-refractivity contribution is 0.415. The lowest BCUT2D eigenvalue weighted by Gasteiger charge is -2.17. The molecule has 2 atom stereocenters. The van der Waals surface area contributed by atoms with Crippen LogP contribution in [0, 0.1) is 0 Å². The van der Waals surface area contributed by atoms with E-state index < -0.39 is 15.2 Å². The number of sulfone groups is 1. The number of nitrogens with one attached hydrogen (secondary N) is 2. The lowest BCUT2D eigenvalue weighted by Crippen LogP contribution is -2.42. The molecule has 1 aromatic carbocycles. The summed E-state index contributed by atoms with van der Waals surface area (Å²) in [6.07, 6.45) is 0. The first-order chi connectivity index (χ1) is 9.39. The van der Waals surface area contributed by atoms with Crippen molar-refractivity contribution in [3.05, 3.63) is 24.3 Å². The summed E-state index contributed by atoms with van der Waals surface area (Å²) in [5, 5.41) is 5.81. The van der Waals surface area contributed by atoms with Crippen LogP contribution in [0.5, 0.6) is 5.75 Å². The molecule has 1 fully saturated rings. The minimum atomic E-state index is -3.07. The molecule has 110 valence electrons. The summed E-state index contributed by atoms with van der Waals surface area (Å²) in [5.74, 6) is 0.736. The summed E-state index contributed by atoms with van der Waals surface area (Å²) >= 11 is 11.2. The number of halogens is 1. The maximum Gasteiger partial charge on any atom is 0.171 e. The Morgan fingerprint density at radius 2 is 2.00 bits per heavy atom. The normalized spacial score (nSPS) is 24.1. The van der Waals surface area contributed by atoms with Crippen molar-refractivity contribution >= 4 is 44.5 Å². The standard InChI is InChI=1S/C12H15ClN2O3S2/c1-18-9-4-2-8(3-5-9)14-12(19)15-11-7-20(16,17)6-10(11)13/h2-5,10-11H,6-7H2,1H3,(H2,14,15,19). The van der Waals surface area contributed by atoms with E-state index in [1.165, 1.54) is 0 Å². The number of alkyl halides is 1. The van der Waals surface area contributed by atoms with Crippen LogP contribution in [0.2, 0.25) is 0 Å². The first-order valence-corrected chi connectivity index (χ1v) is 8.62. The molecule has 1 saturated heterocycles. The van der Waals surface area contributed by atoms with Crippen LogP contribution in [0.3, 0.4) is 0 Å². The molecule has 0 spiro atoms. The van der Waals surface area contributed by atoms with E-state index in [1.807, 2.05) is 12.1 Å². The van der Waals surface area contributed by atoms with Gasteiger partial charge in [-0.2, -0.15) is 0 Å². The highest BCUT2D eigenvalue weighted by molar-refractivity contribution is 7.91. The Kier molecular flexibility index (Phi) is 4.72. The van der Waals surface area contributed by atoms with Crippen molar-refractivity contribution in [2.24, 2.45) is 0 Å². The first kappa shape index (κ1) is 15.3. The monoisotopic (exact) mass is 334 g/mol. The first-order valence-electron chi connectivity index (χ1n) is 5.96. The van der Waals surface area contributed by atoms with Gasteiger partial charge in [-0.1, -0.05) is 0 Å². The molecule has 1 aliphatic rings. The van der Waals surface area contributed by atoms with Crippen molar-refractivity contribution in [3.8, 4) is 5.75 Å². The SMILES string of the molecule is COc1ccc(NC(=S)NC2CS(=O)(=O)CC2Cl)cc1. The molecule has 0 amide bonds. The quantitative estimate of drug-likeness (QED) is 0.643. The molecule has 8 heteroatoms. The van der Waals surface area contributed by atoms with Crippen molar-refractivity contribution in [2.45, 2.75) is 11.4 Å². The summed E-state index contributed by atoms with van der Waals surface area (Å²) in [7, 11) is -1.48. The van der Waals surface area contributed by atoms with Crippen molar-refractivity contribution in [1.82, 2.24) is 5.32 Å². The Balaban J connectivity index is 1.92. The zero-order chi connectivity index (χ0) is 14.8. The highest BCUT2D eigenvalue weighted by Gasteiger charge is 2.36. The molecule has 2 N–H and O–H groups in total. The van der Waals surface area contributed by atoms with Gasteiger partial charge in [0.25, 0.3) is 0 Å². The number of hydrogen-bond acceptors (Lipinski definition) is 4. The lowest BCUT2D eigenvalue weighted by atomic mass is 10.2. The van der Waals surface area contributed by atoms with E-state index in [4.69, 9.17) is 28.6 Å².